The molecule has 0 unspecified atom stereocenters. The second kappa shape index (κ2) is 16.7. The van der Waals surface area contributed by atoms with Crippen LogP contribution in [0.4, 0.5) is 0 Å². The van der Waals surface area contributed by atoms with Crippen molar-refractivity contribution in [3.8, 4) is 0 Å². The van der Waals surface area contributed by atoms with Gasteiger partial charge in [0.2, 0.25) is 0 Å². The van der Waals surface area contributed by atoms with Crippen molar-refractivity contribution < 1.29 is 19.1 Å². The fourth-order valence-electron chi connectivity index (χ4n) is 3.62. The molecule has 0 aliphatic carbocycles. The van der Waals surface area contributed by atoms with Crippen molar-refractivity contribution in [1.82, 2.24) is 0 Å². The van der Waals surface area contributed by atoms with Gasteiger partial charge in [-0.3, -0.25) is 0 Å². The van der Waals surface area contributed by atoms with Gasteiger partial charge in [0, 0.05) is 0 Å². The summed E-state index contributed by atoms with van der Waals surface area (Å²) in [6.07, 6.45) is 11.5. The summed E-state index contributed by atoms with van der Waals surface area (Å²) >= 11 is 0. The Balaban J connectivity index is 2.66. The van der Waals surface area contributed by atoms with Crippen LogP contribution in [-0.4, -0.2) is 25.2 Å². The number of hydrogen-bond donors (Lipinski definition) is 0. The van der Waals surface area contributed by atoms with E-state index in [1.807, 2.05) is 12.1 Å². The van der Waals surface area contributed by atoms with E-state index in [1.165, 1.54) is 12.8 Å². The van der Waals surface area contributed by atoms with E-state index in [2.05, 4.69) is 34.6 Å². The topological polar surface area (TPSA) is 52.6 Å². The van der Waals surface area contributed by atoms with E-state index in [4.69, 9.17) is 9.47 Å². The molecule has 0 aliphatic rings. The second-order valence-electron chi connectivity index (χ2n) is 9.74. The van der Waals surface area contributed by atoms with Crippen LogP contribution >= 0.6 is 0 Å². The minimum Gasteiger partial charge on any atom is -0.462 e. The molecule has 0 N–H and O–H groups in total. The Morgan fingerprint density at radius 3 is 1.75 bits per heavy atom. The third-order valence-electron chi connectivity index (χ3n) is 5.66. The summed E-state index contributed by atoms with van der Waals surface area (Å²) in [4.78, 5) is 25.5. The predicted molar refractivity (Wildman–Crippen MR) is 132 cm³/mol. The molecule has 0 aliphatic heterocycles. The Morgan fingerprint density at radius 1 is 0.719 bits per heavy atom. The largest absolute Gasteiger partial charge is 0.462 e. The molecule has 0 heterocycles. The van der Waals surface area contributed by atoms with E-state index in [-0.39, 0.29) is 0 Å². The zero-order valence-corrected chi connectivity index (χ0v) is 21.2. The number of esters is 2. The van der Waals surface area contributed by atoms with Gasteiger partial charge < -0.3 is 9.47 Å². The average Bonchev–Trinajstić information content (AvgIpc) is 2.76. The highest BCUT2D eigenvalue weighted by atomic mass is 16.5. The van der Waals surface area contributed by atoms with Crippen LogP contribution < -0.4 is 0 Å². The normalized spacial score (nSPS) is 11.2. The first-order chi connectivity index (χ1) is 15.3. The maximum absolute atomic E-state index is 12.8. The monoisotopic (exact) mass is 446 g/mol. The Hall–Kier alpha value is -1.84. The van der Waals surface area contributed by atoms with Gasteiger partial charge in [-0.1, -0.05) is 85.6 Å². The summed E-state index contributed by atoms with van der Waals surface area (Å²) in [6.45, 7) is 11.8. The number of aryl methyl sites for hydroxylation is 1. The van der Waals surface area contributed by atoms with E-state index in [0.717, 1.165) is 63.4 Å². The Bertz CT molecular complexity index is 663. The molecule has 1 rings (SSSR count). The van der Waals surface area contributed by atoms with Crippen LogP contribution in [0.15, 0.2) is 18.2 Å². The lowest BCUT2D eigenvalue weighted by Gasteiger charge is -2.12. The van der Waals surface area contributed by atoms with Crippen molar-refractivity contribution in [2.24, 2.45) is 11.8 Å². The maximum Gasteiger partial charge on any atom is 0.339 e. The Labute approximate surface area is 196 Å². The molecule has 0 spiro atoms. The van der Waals surface area contributed by atoms with Gasteiger partial charge in [-0.15, -0.1) is 0 Å². The van der Waals surface area contributed by atoms with Gasteiger partial charge in [0.05, 0.1) is 24.3 Å². The number of unbranched alkanes of at least 4 members (excludes halogenated alkanes) is 5. The molecule has 0 aromatic heterocycles. The molecule has 0 saturated heterocycles. The molecule has 0 bridgehead atoms. The van der Waals surface area contributed by atoms with Crippen LogP contribution in [0.25, 0.3) is 0 Å². The van der Waals surface area contributed by atoms with Crippen molar-refractivity contribution >= 4 is 11.9 Å². The van der Waals surface area contributed by atoms with Crippen LogP contribution in [0.3, 0.4) is 0 Å². The molecule has 1 aromatic rings. The average molecular weight is 447 g/mol. The predicted octanol–water partition coefficient (Wildman–Crippen LogP) is 7.78. The van der Waals surface area contributed by atoms with Gasteiger partial charge in [-0.05, 0) is 55.2 Å². The quantitative estimate of drug-likeness (QED) is 0.181. The van der Waals surface area contributed by atoms with Crippen LogP contribution in [-0.2, 0) is 15.9 Å². The van der Waals surface area contributed by atoms with Gasteiger partial charge in [0.25, 0.3) is 0 Å². The molecule has 182 valence electrons. The molecular weight excluding hydrogens is 400 g/mol. The van der Waals surface area contributed by atoms with Gasteiger partial charge in [-0.2, -0.15) is 0 Å². The van der Waals surface area contributed by atoms with Crippen molar-refractivity contribution in [1.29, 1.82) is 0 Å². The molecule has 32 heavy (non-hydrogen) atoms. The first-order valence-corrected chi connectivity index (χ1v) is 12.8. The summed E-state index contributed by atoms with van der Waals surface area (Å²) in [6, 6.07) is 5.47. The number of rotatable bonds is 17. The summed E-state index contributed by atoms with van der Waals surface area (Å²) < 4.78 is 11.0. The van der Waals surface area contributed by atoms with E-state index in [0.29, 0.717) is 36.2 Å². The highest BCUT2D eigenvalue weighted by molar-refractivity contribution is 6.03. The van der Waals surface area contributed by atoms with Crippen LogP contribution in [0.1, 0.15) is 125 Å². The van der Waals surface area contributed by atoms with E-state index in [9.17, 15) is 9.59 Å². The summed E-state index contributed by atoms with van der Waals surface area (Å²) in [5.41, 5.74) is 1.71. The zero-order valence-electron chi connectivity index (χ0n) is 21.2. The van der Waals surface area contributed by atoms with Gasteiger partial charge in [0.1, 0.15) is 0 Å². The van der Waals surface area contributed by atoms with Gasteiger partial charge in [-0.25, -0.2) is 9.59 Å². The minimum absolute atomic E-state index is 0.317. The number of carbonyl (C=O) groups excluding carboxylic acids is 2. The van der Waals surface area contributed by atoms with Crippen LogP contribution in [0.2, 0.25) is 0 Å². The Kier molecular flexibility index (Phi) is 14.8. The molecule has 4 heteroatoms. The van der Waals surface area contributed by atoms with E-state index in [1.54, 1.807) is 6.07 Å². The Morgan fingerprint density at radius 2 is 1.25 bits per heavy atom. The van der Waals surface area contributed by atoms with Gasteiger partial charge >= 0.3 is 11.9 Å². The summed E-state index contributed by atoms with van der Waals surface area (Å²) in [5.74, 6) is 0.551. The molecule has 0 fully saturated rings. The molecule has 0 radical (unpaired) electrons. The molecule has 0 saturated carbocycles. The number of ether oxygens (including phenoxy) is 2. The highest BCUT2D eigenvalue weighted by Crippen LogP contribution is 2.18. The first kappa shape index (κ1) is 28.2. The lowest BCUT2D eigenvalue weighted by molar-refractivity contribution is 0.0450. The standard InChI is InChI=1S/C28H46O4/c1-6-7-16-24-17-18-25(27(29)31-19-12-8-10-14-22(2)3)26(21-24)28(30)32-20-13-9-11-15-23(4)5/h17-18,21-23H,6-16,19-20H2,1-5H3. The third-order valence-corrected chi connectivity index (χ3v) is 5.66. The molecule has 0 atom stereocenters. The van der Waals surface area contributed by atoms with Crippen molar-refractivity contribution in [2.45, 2.75) is 105 Å². The van der Waals surface area contributed by atoms with Crippen molar-refractivity contribution in [3.05, 3.63) is 34.9 Å². The maximum atomic E-state index is 12.8. The smallest absolute Gasteiger partial charge is 0.339 e. The number of hydrogen-bond acceptors (Lipinski definition) is 4. The van der Waals surface area contributed by atoms with Crippen LogP contribution in [0.5, 0.6) is 0 Å². The van der Waals surface area contributed by atoms with Gasteiger partial charge in [0.15, 0.2) is 0 Å². The van der Waals surface area contributed by atoms with E-state index >= 15 is 0 Å². The molecular formula is C28H46O4. The van der Waals surface area contributed by atoms with E-state index < -0.39 is 11.9 Å². The fourth-order valence-corrected chi connectivity index (χ4v) is 3.62. The molecule has 1 aromatic carbocycles. The SMILES string of the molecule is CCCCc1ccc(C(=O)OCCCCCC(C)C)c(C(=O)OCCCCCC(C)C)c1. The number of carbonyl (C=O) groups is 2. The summed E-state index contributed by atoms with van der Waals surface area (Å²) in [7, 11) is 0. The number of benzene rings is 1. The van der Waals surface area contributed by atoms with Crippen molar-refractivity contribution in [2.75, 3.05) is 13.2 Å². The molecule has 4 nitrogen and oxygen atoms in total. The second-order valence-corrected chi connectivity index (χ2v) is 9.74. The lowest BCUT2D eigenvalue weighted by Crippen LogP contribution is -2.15. The van der Waals surface area contributed by atoms with Crippen LogP contribution in [0, 0.1) is 11.8 Å². The lowest BCUT2D eigenvalue weighted by atomic mass is 10.0. The first-order valence-electron chi connectivity index (χ1n) is 12.8. The zero-order chi connectivity index (χ0) is 23.8. The molecule has 0 amide bonds. The summed E-state index contributed by atoms with van der Waals surface area (Å²) in [5, 5.41) is 0. The third kappa shape index (κ3) is 12.3. The highest BCUT2D eigenvalue weighted by Gasteiger charge is 2.20. The minimum atomic E-state index is -0.431. The fraction of sp³-hybridized carbons (Fsp3) is 0.714. The van der Waals surface area contributed by atoms with Crippen molar-refractivity contribution in [3.63, 3.8) is 0 Å².